The number of benzene rings is 2. The average molecular weight is 288 g/mol. The third-order valence-corrected chi connectivity index (χ3v) is 3.82. The van der Waals surface area contributed by atoms with Gasteiger partial charge in [-0.25, -0.2) is 0 Å². The fourth-order valence-corrected chi connectivity index (χ4v) is 2.89. The quantitative estimate of drug-likeness (QED) is 0.589. The van der Waals surface area contributed by atoms with Crippen molar-refractivity contribution >= 4 is 0 Å². The van der Waals surface area contributed by atoms with Gasteiger partial charge in [-0.15, -0.1) is 0 Å². The maximum absolute atomic E-state index is 10.4. The fraction of sp³-hybridized carbons (Fsp3) is 0.200. The highest BCUT2D eigenvalue weighted by molar-refractivity contribution is 5.56. The molecule has 2 aromatic carbocycles. The van der Waals surface area contributed by atoms with Gasteiger partial charge in [-0.2, -0.15) is 0 Å². The lowest BCUT2D eigenvalue weighted by atomic mass is 9.88. The van der Waals surface area contributed by atoms with Crippen LogP contribution in [0.4, 0.5) is 0 Å². The first kappa shape index (κ1) is 12.2. The maximum Gasteiger partial charge on any atom is 0.161 e. The van der Waals surface area contributed by atoms with Gasteiger partial charge >= 0.3 is 0 Å². The van der Waals surface area contributed by atoms with E-state index in [4.69, 9.17) is 9.47 Å². The maximum atomic E-state index is 10.4. The molecule has 3 atom stereocenters. The van der Waals surface area contributed by atoms with Gasteiger partial charge in [0.1, 0.15) is 34.9 Å². The van der Waals surface area contributed by atoms with E-state index >= 15 is 0 Å². The molecule has 0 fully saturated rings. The molecule has 0 aromatic heterocycles. The summed E-state index contributed by atoms with van der Waals surface area (Å²) < 4.78 is 11.4. The molecular formula is C15H12O6. The van der Waals surface area contributed by atoms with Gasteiger partial charge in [0.05, 0.1) is 5.56 Å². The third-order valence-electron chi connectivity index (χ3n) is 3.82. The largest absolute Gasteiger partial charge is 0.508 e. The Morgan fingerprint density at radius 3 is 2.33 bits per heavy atom. The molecule has 0 radical (unpaired) electrons. The van der Waals surface area contributed by atoms with Crippen molar-refractivity contribution in [3.05, 3.63) is 41.5 Å². The first-order chi connectivity index (χ1) is 10.0. The van der Waals surface area contributed by atoms with Crippen molar-refractivity contribution in [1.82, 2.24) is 0 Å². The molecule has 2 aromatic rings. The van der Waals surface area contributed by atoms with Crippen LogP contribution in [0, 0.1) is 0 Å². The second kappa shape index (κ2) is 3.95. The van der Waals surface area contributed by atoms with Gasteiger partial charge in [0.25, 0.3) is 0 Å². The molecule has 21 heavy (non-hydrogen) atoms. The minimum atomic E-state index is -0.995. The third kappa shape index (κ3) is 1.62. The standard InChI is InChI=1S/C15H12O6/c16-6-1-2-8-10(4-6)20-15-12-9(18)3-7(17)5-11(12)21-14(8)13(15)19/h1-5,13-19H/t13-,14+,15+/m0/s1. The molecule has 0 spiro atoms. The molecule has 4 rings (SSSR count). The van der Waals surface area contributed by atoms with Crippen molar-refractivity contribution < 1.29 is 29.9 Å². The summed E-state index contributed by atoms with van der Waals surface area (Å²) in [6.07, 6.45) is -2.51. The highest BCUT2D eigenvalue weighted by Crippen LogP contribution is 2.53. The number of aromatic hydroxyl groups is 3. The summed E-state index contributed by atoms with van der Waals surface area (Å²) >= 11 is 0. The Morgan fingerprint density at radius 2 is 1.52 bits per heavy atom. The smallest absolute Gasteiger partial charge is 0.161 e. The number of aliphatic hydroxyl groups is 1. The number of hydrogen-bond donors (Lipinski definition) is 4. The zero-order valence-electron chi connectivity index (χ0n) is 10.7. The van der Waals surface area contributed by atoms with E-state index < -0.39 is 18.3 Å². The Kier molecular flexibility index (Phi) is 2.29. The van der Waals surface area contributed by atoms with Crippen molar-refractivity contribution in [3.63, 3.8) is 0 Å². The Balaban J connectivity index is 1.91. The van der Waals surface area contributed by atoms with Gasteiger partial charge in [0.15, 0.2) is 12.2 Å². The van der Waals surface area contributed by atoms with E-state index in [2.05, 4.69) is 0 Å². The molecule has 6 heteroatoms. The van der Waals surface area contributed by atoms with Crippen molar-refractivity contribution in [2.45, 2.75) is 18.3 Å². The summed E-state index contributed by atoms with van der Waals surface area (Å²) in [6, 6.07) is 7.07. The number of ether oxygens (including phenoxy) is 2. The molecule has 0 unspecified atom stereocenters. The van der Waals surface area contributed by atoms with E-state index in [-0.39, 0.29) is 28.6 Å². The monoisotopic (exact) mass is 288 g/mol. The van der Waals surface area contributed by atoms with Crippen LogP contribution in [-0.2, 0) is 0 Å². The minimum Gasteiger partial charge on any atom is -0.508 e. The molecule has 0 amide bonds. The van der Waals surface area contributed by atoms with E-state index in [0.29, 0.717) is 11.3 Å². The lowest BCUT2D eigenvalue weighted by Crippen LogP contribution is -2.40. The van der Waals surface area contributed by atoms with Crippen LogP contribution < -0.4 is 9.47 Å². The Hall–Kier alpha value is -2.60. The predicted octanol–water partition coefficient (Wildman–Crippen LogP) is 1.73. The molecular weight excluding hydrogens is 276 g/mol. The average Bonchev–Trinajstić information content (AvgIpc) is 2.40. The fourth-order valence-electron chi connectivity index (χ4n) is 2.89. The molecule has 2 aliphatic rings. The van der Waals surface area contributed by atoms with Crippen LogP contribution in [-0.4, -0.2) is 26.5 Å². The van der Waals surface area contributed by atoms with Crippen LogP contribution in [0.15, 0.2) is 30.3 Å². The summed E-state index contributed by atoms with van der Waals surface area (Å²) in [6.45, 7) is 0. The lowest BCUT2D eigenvalue weighted by Gasteiger charge is -2.41. The van der Waals surface area contributed by atoms with Gasteiger partial charge in [0, 0.05) is 23.8 Å². The zero-order valence-corrected chi connectivity index (χ0v) is 10.7. The molecule has 2 aliphatic heterocycles. The number of aliphatic hydroxyl groups excluding tert-OH is 1. The Morgan fingerprint density at radius 1 is 0.810 bits per heavy atom. The molecule has 0 saturated heterocycles. The summed E-state index contributed by atoms with van der Waals surface area (Å²) in [7, 11) is 0. The molecule has 0 aliphatic carbocycles. The van der Waals surface area contributed by atoms with Crippen molar-refractivity contribution in [2.75, 3.05) is 0 Å². The molecule has 2 bridgehead atoms. The first-order valence-electron chi connectivity index (χ1n) is 6.45. The van der Waals surface area contributed by atoms with Crippen LogP contribution in [0.5, 0.6) is 28.7 Å². The van der Waals surface area contributed by atoms with Gasteiger partial charge in [-0.3, -0.25) is 0 Å². The predicted molar refractivity (Wildman–Crippen MR) is 70.6 cm³/mol. The first-order valence-corrected chi connectivity index (χ1v) is 6.45. The van der Waals surface area contributed by atoms with E-state index in [1.165, 1.54) is 18.2 Å². The Labute approximate surface area is 119 Å². The molecule has 4 N–H and O–H groups in total. The normalized spacial score (nSPS) is 25.3. The van der Waals surface area contributed by atoms with Crippen LogP contribution >= 0.6 is 0 Å². The lowest BCUT2D eigenvalue weighted by molar-refractivity contribution is -0.0778. The second-order valence-electron chi connectivity index (χ2n) is 5.17. The van der Waals surface area contributed by atoms with Crippen LogP contribution in [0.1, 0.15) is 23.3 Å². The van der Waals surface area contributed by atoms with Gasteiger partial charge in [-0.1, -0.05) is 0 Å². The zero-order chi connectivity index (χ0) is 14.7. The minimum absolute atomic E-state index is 0.0402. The molecule has 6 nitrogen and oxygen atoms in total. The van der Waals surface area contributed by atoms with E-state index in [1.807, 2.05) is 0 Å². The highest BCUT2D eigenvalue weighted by Gasteiger charge is 2.46. The van der Waals surface area contributed by atoms with E-state index in [9.17, 15) is 20.4 Å². The van der Waals surface area contributed by atoms with Gasteiger partial charge in [-0.05, 0) is 12.1 Å². The van der Waals surface area contributed by atoms with Crippen LogP contribution in [0.3, 0.4) is 0 Å². The summed E-state index contributed by atoms with van der Waals surface area (Å²) in [5.41, 5.74) is 0.885. The topological polar surface area (TPSA) is 99.4 Å². The van der Waals surface area contributed by atoms with Crippen molar-refractivity contribution in [1.29, 1.82) is 0 Å². The molecule has 108 valence electrons. The molecule has 2 heterocycles. The number of rotatable bonds is 0. The van der Waals surface area contributed by atoms with Crippen molar-refractivity contribution in [2.24, 2.45) is 0 Å². The van der Waals surface area contributed by atoms with Crippen LogP contribution in [0.25, 0.3) is 0 Å². The summed E-state index contributed by atoms with van der Waals surface area (Å²) in [5.74, 6) is 0.362. The SMILES string of the molecule is Oc1ccc2c(c1)O[C@@H]1c3c(O)cc(O)cc3O[C@H]2[C@@H]1O. The Bertz CT molecular complexity index is 741. The number of phenolic OH excluding ortho intramolecular Hbond substituents is 3. The second-order valence-corrected chi connectivity index (χ2v) is 5.17. The van der Waals surface area contributed by atoms with Crippen LogP contribution in [0.2, 0.25) is 0 Å². The number of phenols is 3. The molecule has 0 saturated carbocycles. The summed E-state index contributed by atoms with van der Waals surface area (Å²) in [4.78, 5) is 0. The number of fused-ring (bicyclic) bond motifs is 6. The number of hydrogen-bond acceptors (Lipinski definition) is 6. The van der Waals surface area contributed by atoms with Gasteiger partial charge in [0.2, 0.25) is 0 Å². The summed E-state index contributed by atoms with van der Waals surface area (Å²) in [5, 5.41) is 39.4. The van der Waals surface area contributed by atoms with E-state index in [0.717, 1.165) is 6.07 Å². The van der Waals surface area contributed by atoms with E-state index in [1.54, 1.807) is 6.07 Å². The van der Waals surface area contributed by atoms with Crippen molar-refractivity contribution in [3.8, 4) is 28.7 Å². The van der Waals surface area contributed by atoms with Gasteiger partial charge < -0.3 is 29.9 Å². The highest BCUT2D eigenvalue weighted by atomic mass is 16.5.